The molecule has 0 saturated heterocycles. The van der Waals surface area contributed by atoms with E-state index in [1.807, 2.05) is 0 Å². The lowest BCUT2D eigenvalue weighted by Crippen LogP contribution is -2.17. The Morgan fingerprint density at radius 3 is 2.50 bits per heavy atom. The molecule has 0 bridgehead atoms. The second kappa shape index (κ2) is 5.35. The van der Waals surface area contributed by atoms with Gasteiger partial charge in [-0.2, -0.15) is 0 Å². The van der Waals surface area contributed by atoms with Gasteiger partial charge < -0.3 is 4.74 Å². The second-order valence-corrected chi connectivity index (χ2v) is 3.90. The monoisotopic (exact) mass is 254 g/mol. The summed E-state index contributed by atoms with van der Waals surface area (Å²) in [5.41, 5.74) is 0. The molecule has 1 fully saturated rings. The van der Waals surface area contributed by atoms with E-state index in [0.717, 1.165) is 11.0 Å². The van der Waals surface area contributed by atoms with Gasteiger partial charge in [0.2, 0.25) is 0 Å². The van der Waals surface area contributed by atoms with Gasteiger partial charge in [0.15, 0.2) is 0 Å². The average molecular weight is 254 g/mol. The molecule has 2 heteroatoms. The molecule has 1 saturated carbocycles. The van der Waals surface area contributed by atoms with E-state index >= 15 is 0 Å². The van der Waals surface area contributed by atoms with E-state index in [9.17, 15) is 0 Å². The maximum Gasteiger partial charge on any atom is 0.0575 e. The van der Waals surface area contributed by atoms with Crippen LogP contribution in [0.1, 0.15) is 32.1 Å². The first-order valence-corrected chi connectivity index (χ1v) is 5.63. The molecule has 0 heterocycles. The number of alkyl halides is 1. The molecule has 0 amide bonds. The van der Waals surface area contributed by atoms with Crippen molar-refractivity contribution in [3.63, 3.8) is 0 Å². The molecule has 1 aliphatic rings. The lowest BCUT2D eigenvalue weighted by atomic mass is 9.98. The van der Waals surface area contributed by atoms with Crippen LogP contribution in [-0.2, 0) is 4.74 Å². The molecule has 1 nitrogen and oxygen atoms in total. The number of hydrogen-bond acceptors (Lipinski definition) is 1. The Kier molecular flexibility index (Phi) is 4.70. The van der Waals surface area contributed by atoms with E-state index < -0.39 is 0 Å². The molecule has 10 heavy (non-hydrogen) atoms. The Balaban J connectivity index is 2.02. The van der Waals surface area contributed by atoms with Gasteiger partial charge in [0.1, 0.15) is 0 Å². The maximum atomic E-state index is 5.62. The molecule has 0 aromatic heterocycles. The van der Waals surface area contributed by atoms with E-state index in [1.54, 1.807) is 0 Å². The zero-order valence-corrected chi connectivity index (χ0v) is 8.47. The molecule has 0 aliphatic heterocycles. The van der Waals surface area contributed by atoms with Crippen molar-refractivity contribution in [2.45, 2.75) is 38.2 Å². The molecule has 0 aromatic rings. The Morgan fingerprint density at radius 2 is 1.90 bits per heavy atom. The van der Waals surface area contributed by atoms with Crippen LogP contribution >= 0.6 is 22.6 Å². The number of rotatable bonds is 3. The highest BCUT2D eigenvalue weighted by Gasteiger charge is 2.12. The fourth-order valence-corrected chi connectivity index (χ4v) is 1.70. The van der Waals surface area contributed by atoms with E-state index in [2.05, 4.69) is 22.6 Å². The second-order valence-electron chi connectivity index (χ2n) is 2.82. The lowest BCUT2D eigenvalue weighted by Gasteiger charge is -2.21. The van der Waals surface area contributed by atoms with Gasteiger partial charge in [0, 0.05) is 4.43 Å². The average Bonchev–Trinajstić information content (AvgIpc) is 2.03. The van der Waals surface area contributed by atoms with Gasteiger partial charge >= 0.3 is 0 Å². The topological polar surface area (TPSA) is 9.23 Å². The summed E-state index contributed by atoms with van der Waals surface area (Å²) in [5.74, 6) is 0. The van der Waals surface area contributed by atoms with Crippen LogP contribution in [0, 0.1) is 0 Å². The van der Waals surface area contributed by atoms with Crippen molar-refractivity contribution in [1.82, 2.24) is 0 Å². The highest BCUT2D eigenvalue weighted by atomic mass is 127. The predicted octanol–water partition coefficient (Wildman–Crippen LogP) is 2.77. The van der Waals surface area contributed by atoms with Gasteiger partial charge in [-0.3, -0.25) is 0 Å². The quantitative estimate of drug-likeness (QED) is 0.555. The van der Waals surface area contributed by atoms with Crippen LogP contribution in [0.2, 0.25) is 0 Å². The highest BCUT2D eigenvalue weighted by Crippen LogP contribution is 2.19. The minimum atomic E-state index is 0.600. The standard InChI is InChI=1S/C8H15IO/c9-6-7-10-8-4-2-1-3-5-8/h8H,1-7H2. The summed E-state index contributed by atoms with van der Waals surface area (Å²) >= 11 is 2.36. The zero-order chi connectivity index (χ0) is 7.23. The van der Waals surface area contributed by atoms with Gasteiger partial charge in [-0.1, -0.05) is 41.9 Å². The van der Waals surface area contributed by atoms with E-state index in [4.69, 9.17) is 4.74 Å². The Morgan fingerprint density at radius 1 is 1.20 bits per heavy atom. The Bertz CT molecular complexity index is 79.3. The third-order valence-corrected chi connectivity index (χ3v) is 2.42. The van der Waals surface area contributed by atoms with E-state index in [0.29, 0.717) is 6.10 Å². The van der Waals surface area contributed by atoms with Crippen molar-refractivity contribution >= 4 is 22.6 Å². The molecule has 0 atom stereocenters. The van der Waals surface area contributed by atoms with Crippen LogP contribution in [-0.4, -0.2) is 17.1 Å². The lowest BCUT2D eigenvalue weighted by molar-refractivity contribution is 0.0394. The summed E-state index contributed by atoms with van der Waals surface area (Å²) in [6.07, 6.45) is 7.39. The summed E-state index contributed by atoms with van der Waals surface area (Å²) in [6.45, 7) is 0.950. The van der Waals surface area contributed by atoms with Crippen LogP contribution in [0.25, 0.3) is 0 Å². The van der Waals surface area contributed by atoms with Crippen molar-refractivity contribution < 1.29 is 4.74 Å². The van der Waals surface area contributed by atoms with Crippen LogP contribution in [0.3, 0.4) is 0 Å². The largest absolute Gasteiger partial charge is 0.377 e. The molecule has 0 unspecified atom stereocenters. The van der Waals surface area contributed by atoms with Crippen LogP contribution in [0.5, 0.6) is 0 Å². The van der Waals surface area contributed by atoms with E-state index in [-0.39, 0.29) is 0 Å². The maximum absolute atomic E-state index is 5.62. The Labute approximate surface area is 76.7 Å². The smallest absolute Gasteiger partial charge is 0.0575 e. The first-order valence-electron chi connectivity index (χ1n) is 4.11. The molecular weight excluding hydrogens is 239 g/mol. The molecule has 60 valence electrons. The van der Waals surface area contributed by atoms with Crippen LogP contribution in [0.4, 0.5) is 0 Å². The summed E-state index contributed by atoms with van der Waals surface area (Å²) < 4.78 is 6.76. The summed E-state index contributed by atoms with van der Waals surface area (Å²) in [5, 5.41) is 0. The van der Waals surface area contributed by atoms with Crippen molar-refractivity contribution in [2.24, 2.45) is 0 Å². The summed E-state index contributed by atoms with van der Waals surface area (Å²) in [6, 6.07) is 0. The van der Waals surface area contributed by atoms with Crippen molar-refractivity contribution in [2.75, 3.05) is 11.0 Å². The van der Waals surface area contributed by atoms with Crippen LogP contribution in [0.15, 0.2) is 0 Å². The third-order valence-electron chi connectivity index (χ3n) is 1.98. The minimum absolute atomic E-state index is 0.600. The molecule has 1 rings (SSSR count). The number of halogens is 1. The van der Waals surface area contributed by atoms with Gasteiger partial charge in [-0.25, -0.2) is 0 Å². The molecular formula is C8H15IO. The van der Waals surface area contributed by atoms with E-state index in [1.165, 1.54) is 32.1 Å². The fourth-order valence-electron chi connectivity index (χ4n) is 1.44. The van der Waals surface area contributed by atoms with Crippen LogP contribution < -0.4 is 0 Å². The third kappa shape index (κ3) is 3.19. The molecule has 0 spiro atoms. The van der Waals surface area contributed by atoms with Crippen molar-refractivity contribution in [3.8, 4) is 0 Å². The summed E-state index contributed by atoms with van der Waals surface area (Å²) in [4.78, 5) is 0. The molecule has 0 N–H and O–H groups in total. The van der Waals surface area contributed by atoms with Crippen molar-refractivity contribution in [1.29, 1.82) is 0 Å². The summed E-state index contributed by atoms with van der Waals surface area (Å²) in [7, 11) is 0. The Hall–Kier alpha value is 0.690. The van der Waals surface area contributed by atoms with Gasteiger partial charge in [0.05, 0.1) is 12.7 Å². The van der Waals surface area contributed by atoms with Crippen molar-refractivity contribution in [3.05, 3.63) is 0 Å². The molecule has 1 aliphatic carbocycles. The zero-order valence-electron chi connectivity index (χ0n) is 6.31. The highest BCUT2D eigenvalue weighted by molar-refractivity contribution is 14.1. The van der Waals surface area contributed by atoms with Gasteiger partial charge in [0.25, 0.3) is 0 Å². The van der Waals surface area contributed by atoms with Gasteiger partial charge in [-0.05, 0) is 12.8 Å². The molecule has 0 aromatic carbocycles. The number of ether oxygens (including phenoxy) is 1. The first kappa shape index (κ1) is 8.78. The minimum Gasteiger partial charge on any atom is -0.377 e. The number of hydrogen-bond donors (Lipinski definition) is 0. The van der Waals surface area contributed by atoms with Gasteiger partial charge in [-0.15, -0.1) is 0 Å². The molecule has 0 radical (unpaired) electrons. The fraction of sp³-hybridized carbons (Fsp3) is 1.00. The normalized spacial score (nSPS) is 21.3. The first-order chi connectivity index (χ1) is 4.93. The predicted molar refractivity (Wildman–Crippen MR) is 51.7 cm³/mol. The SMILES string of the molecule is ICCOC1CCCCC1.